The Morgan fingerprint density at radius 1 is 1.77 bits per heavy atom. The third kappa shape index (κ3) is 1.91. The highest BCUT2D eigenvalue weighted by Gasteiger charge is 2.31. The van der Waals surface area contributed by atoms with E-state index in [1.165, 1.54) is 6.08 Å². The van der Waals surface area contributed by atoms with Gasteiger partial charge in [-0.3, -0.25) is 0 Å². The van der Waals surface area contributed by atoms with E-state index in [0.29, 0.717) is 17.7 Å². The third-order valence-corrected chi connectivity index (χ3v) is 2.10. The van der Waals surface area contributed by atoms with Crippen LogP contribution in [-0.2, 0) is 4.65 Å². The maximum absolute atomic E-state index is 9.44. The molecule has 0 aromatic carbocycles. The predicted octanol–water partition coefficient (Wildman–Crippen LogP) is 0.457. The van der Waals surface area contributed by atoms with E-state index in [4.69, 9.17) is 9.76 Å². The van der Waals surface area contributed by atoms with Gasteiger partial charge < -0.3 is 14.8 Å². The Bertz CT molecular complexity index is 268. The van der Waals surface area contributed by atoms with Crippen LogP contribution in [0, 0.1) is 0 Å². The van der Waals surface area contributed by atoms with Crippen LogP contribution in [0.4, 0.5) is 0 Å². The van der Waals surface area contributed by atoms with Gasteiger partial charge in [-0.1, -0.05) is 18.7 Å². The number of aliphatic hydroxyl groups excluding tert-OH is 1. The molecule has 0 aromatic rings. The first kappa shape index (κ1) is 10.2. The summed E-state index contributed by atoms with van der Waals surface area (Å²) in [5.41, 5.74) is 2.19. The summed E-state index contributed by atoms with van der Waals surface area (Å²) in [6.07, 6.45) is 3.40. The van der Waals surface area contributed by atoms with Crippen molar-refractivity contribution in [2.75, 3.05) is 13.2 Å². The lowest BCUT2D eigenvalue weighted by atomic mass is 9.74. The van der Waals surface area contributed by atoms with Crippen LogP contribution in [0.1, 0.15) is 6.92 Å². The first-order valence-corrected chi connectivity index (χ1v) is 4.16. The minimum Gasteiger partial charge on any atom is -0.423 e. The van der Waals surface area contributed by atoms with Crippen LogP contribution in [0.25, 0.3) is 0 Å². The van der Waals surface area contributed by atoms with Gasteiger partial charge in [-0.2, -0.15) is 0 Å². The third-order valence-electron chi connectivity index (χ3n) is 2.10. The Hall–Kier alpha value is -0.835. The fraction of sp³-hybridized carbons (Fsp3) is 0.333. The van der Waals surface area contributed by atoms with Crippen LogP contribution in [0.5, 0.6) is 0 Å². The minimum absolute atomic E-state index is 0.128. The molecule has 2 N–H and O–H groups in total. The van der Waals surface area contributed by atoms with E-state index in [2.05, 4.69) is 6.58 Å². The standard InChI is InChI=1S/C9H13BO3/c1-3-7(5-11)9-8(4-2)6-13-10(9)12/h3-4,11-12H,1,5-6H2,2H3/b8-4-,9-7-. The Balaban J connectivity index is 3.10. The predicted molar refractivity (Wildman–Crippen MR) is 52.0 cm³/mol. The van der Waals surface area contributed by atoms with Gasteiger partial charge in [-0.25, -0.2) is 0 Å². The van der Waals surface area contributed by atoms with Crippen LogP contribution in [0.15, 0.2) is 35.3 Å². The molecule has 13 heavy (non-hydrogen) atoms. The second-order valence-electron chi connectivity index (χ2n) is 2.78. The summed E-state index contributed by atoms with van der Waals surface area (Å²) >= 11 is 0. The van der Waals surface area contributed by atoms with Gasteiger partial charge in [0.15, 0.2) is 0 Å². The topological polar surface area (TPSA) is 49.7 Å². The zero-order valence-corrected chi connectivity index (χ0v) is 7.66. The average molecular weight is 180 g/mol. The molecule has 0 amide bonds. The summed E-state index contributed by atoms with van der Waals surface area (Å²) in [6, 6.07) is 0. The lowest BCUT2D eigenvalue weighted by molar-refractivity contribution is 0.315. The monoisotopic (exact) mass is 180 g/mol. The lowest BCUT2D eigenvalue weighted by Crippen LogP contribution is -2.15. The van der Waals surface area contributed by atoms with Crippen LogP contribution >= 0.6 is 0 Å². The average Bonchev–Trinajstić information content (AvgIpc) is 2.51. The van der Waals surface area contributed by atoms with Crippen LogP contribution < -0.4 is 0 Å². The van der Waals surface area contributed by atoms with Crippen molar-refractivity contribution >= 4 is 7.12 Å². The molecule has 4 heteroatoms. The second kappa shape index (κ2) is 4.41. The molecule has 1 heterocycles. The number of hydrogen-bond acceptors (Lipinski definition) is 3. The van der Waals surface area contributed by atoms with E-state index in [9.17, 15) is 5.02 Å². The summed E-state index contributed by atoms with van der Waals surface area (Å²) in [6.45, 7) is 5.70. The van der Waals surface area contributed by atoms with Gasteiger partial charge in [0.25, 0.3) is 0 Å². The van der Waals surface area contributed by atoms with Crippen molar-refractivity contribution in [3.63, 3.8) is 0 Å². The second-order valence-corrected chi connectivity index (χ2v) is 2.78. The zero-order chi connectivity index (χ0) is 9.84. The minimum atomic E-state index is -0.925. The highest BCUT2D eigenvalue weighted by atomic mass is 16.5. The molecule has 0 radical (unpaired) electrons. The molecule has 0 spiro atoms. The Labute approximate surface area is 78.2 Å². The van der Waals surface area contributed by atoms with Gasteiger partial charge in [0.05, 0.1) is 13.2 Å². The van der Waals surface area contributed by atoms with Gasteiger partial charge in [0.2, 0.25) is 0 Å². The van der Waals surface area contributed by atoms with E-state index in [1.54, 1.807) is 0 Å². The first-order valence-electron chi connectivity index (χ1n) is 4.16. The summed E-state index contributed by atoms with van der Waals surface area (Å²) in [4.78, 5) is 0. The molecule has 0 atom stereocenters. The molecule has 1 aliphatic heterocycles. The molecule has 70 valence electrons. The van der Waals surface area contributed by atoms with Gasteiger partial charge in [0.1, 0.15) is 0 Å². The molecule has 0 saturated carbocycles. The maximum atomic E-state index is 9.44. The normalized spacial score (nSPS) is 23.9. The zero-order valence-electron chi connectivity index (χ0n) is 7.66. The number of aliphatic hydroxyl groups is 1. The number of allylic oxidation sites excluding steroid dienone is 1. The van der Waals surface area contributed by atoms with Gasteiger partial charge in [0, 0.05) is 0 Å². The highest BCUT2D eigenvalue weighted by Crippen LogP contribution is 2.25. The van der Waals surface area contributed by atoms with Crippen molar-refractivity contribution in [1.29, 1.82) is 0 Å². The Kier molecular flexibility index (Phi) is 3.48. The lowest BCUT2D eigenvalue weighted by Gasteiger charge is -2.04. The van der Waals surface area contributed by atoms with Crippen molar-refractivity contribution in [2.24, 2.45) is 0 Å². The number of hydrogen-bond donors (Lipinski definition) is 2. The maximum Gasteiger partial charge on any atom is 0.492 e. The molecule has 3 nitrogen and oxygen atoms in total. The first-order chi connectivity index (χ1) is 6.24. The van der Waals surface area contributed by atoms with Crippen molar-refractivity contribution in [3.8, 4) is 0 Å². The van der Waals surface area contributed by atoms with Crippen LogP contribution in [-0.4, -0.2) is 30.5 Å². The van der Waals surface area contributed by atoms with E-state index < -0.39 is 7.12 Å². The highest BCUT2D eigenvalue weighted by molar-refractivity contribution is 6.55. The molecule has 1 rings (SSSR count). The Morgan fingerprint density at radius 3 is 2.92 bits per heavy atom. The van der Waals surface area contributed by atoms with Gasteiger partial charge >= 0.3 is 7.12 Å². The smallest absolute Gasteiger partial charge is 0.423 e. The quantitative estimate of drug-likeness (QED) is 0.606. The molecule has 0 bridgehead atoms. The molecule has 0 unspecified atom stereocenters. The van der Waals surface area contributed by atoms with Crippen molar-refractivity contribution < 1.29 is 14.8 Å². The molecular formula is C9H13BO3. The van der Waals surface area contributed by atoms with E-state index in [0.717, 1.165) is 5.57 Å². The van der Waals surface area contributed by atoms with Crippen LogP contribution in [0.2, 0.25) is 0 Å². The SMILES string of the molecule is C=C/C(CO)=C1/B(O)OC/C1=C/C. The summed E-state index contributed by atoms with van der Waals surface area (Å²) in [7, 11) is -0.925. The van der Waals surface area contributed by atoms with Crippen molar-refractivity contribution in [2.45, 2.75) is 6.92 Å². The molecule has 1 fully saturated rings. The van der Waals surface area contributed by atoms with E-state index in [-0.39, 0.29) is 6.61 Å². The molecule has 1 aliphatic rings. The summed E-state index contributed by atoms with van der Waals surface area (Å²) in [5, 5.41) is 18.4. The Morgan fingerprint density at radius 2 is 2.46 bits per heavy atom. The number of rotatable bonds is 2. The summed E-state index contributed by atoms with van der Waals surface area (Å²) < 4.78 is 5.02. The van der Waals surface area contributed by atoms with Gasteiger partial charge in [-0.05, 0) is 23.5 Å². The van der Waals surface area contributed by atoms with E-state index in [1.807, 2.05) is 13.0 Å². The van der Waals surface area contributed by atoms with Gasteiger partial charge in [-0.15, -0.1) is 0 Å². The fourth-order valence-electron chi connectivity index (χ4n) is 1.35. The van der Waals surface area contributed by atoms with Crippen molar-refractivity contribution in [3.05, 3.63) is 35.3 Å². The van der Waals surface area contributed by atoms with Crippen molar-refractivity contribution in [1.82, 2.24) is 0 Å². The summed E-state index contributed by atoms with van der Waals surface area (Å²) in [5.74, 6) is 0. The molecular weight excluding hydrogens is 167 g/mol. The van der Waals surface area contributed by atoms with E-state index >= 15 is 0 Å². The molecule has 0 aliphatic carbocycles. The fourth-order valence-corrected chi connectivity index (χ4v) is 1.35. The molecule has 0 aromatic heterocycles. The van der Waals surface area contributed by atoms with Crippen LogP contribution in [0.3, 0.4) is 0 Å². The molecule has 1 saturated heterocycles. The largest absolute Gasteiger partial charge is 0.492 e.